The molecular weight excluding hydrogens is 250 g/mol. The highest BCUT2D eigenvalue weighted by Gasteiger charge is 2.22. The van der Waals surface area contributed by atoms with Crippen molar-refractivity contribution in [2.45, 2.75) is 52.6 Å². The maximum Gasteiger partial charge on any atom is 0.0378 e. The molecule has 0 radical (unpaired) electrons. The summed E-state index contributed by atoms with van der Waals surface area (Å²) >= 11 is 2.00. The van der Waals surface area contributed by atoms with Gasteiger partial charge in [-0.3, -0.25) is 0 Å². The number of aryl methyl sites for hydroxylation is 1. The Morgan fingerprint density at radius 3 is 2.79 bits per heavy atom. The first-order chi connectivity index (χ1) is 9.15. The number of nitrogens with one attached hydrogen (secondary N) is 1. The van der Waals surface area contributed by atoms with Crippen LogP contribution in [0.25, 0.3) is 10.1 Å². The lowest BCUT2D eigenvalue weighted by atomic mass is 9.99. The number of rotatable bonds is 5. The van der Waals surface area contributed by atoms with Gasteiger partial charge in [-0.25, -0.2) is 0 Å². The average Bonchev–Trinajstić information content (AvgIpc) is 3.12. The minimum Gasteiger partial charge on any atom is -0.309 e. The van der Waals surface area contributed by atoms with Gasteiger partial charge >= 0.3 is 0 Å². The number of fused-ring (bicyclic) bond motifs is 1. The van der Waals surface area contributed by atoms with E-state index in [9.17, 15) is 0 Å². The van der Waals surface area contributed by atoms with Gasteiger partial charge in [-0.1, -0.05) is 32.0 Å². The Kier molecular flexibility index (Phi) is 3.64. The molecular formula is C17H23NS. The highest BCUT2D eigenvalue weighted by atomic mass is 32.1. The topological polar surface area (TPSA) is 12.0 Å². The van der Waals surface area contributed by atoms with Gasteiger partial charge < -0.3 is 5.32 Å². The third kappa shape index (κ3) is 2.85. The van der Waals surface area contributed by atoms with Gasteiger partial charge in [0.25, 0.3) is 0 Å². The van der Waals surface area contributed by atoms with E-state index in [1.807, 2.05) is 11.3 Å². The van der Waals surface area contributed by atoms with Gasteiger partial charge in [-0.2, -0.15) is 0 Å². The lowest BCUT2D eigenvalue weighted by molar-refractivity contribution is 0.637. The zero-order chi connectivity index (χ0) is 13.4. The molecule has 19 heavy (non-hydrogen) atoms. The van der Waals surface area contributed by atoms with Gasteiger partial charge in [0, 0.05) is 22.2 Å². The fourth-order valence-electron chi connectivity index (χ4n) is 2.66. The van der Waals surface area contributed by atoms with Crippen molar-refractivity contribution in [1.82, 2.24) is 5.32 Å². The second-order valence-electron chi connectivity index (χ2n) is 6.21. The standard InChI is InChI=1S/C17H23NS/c1-11(2)9-15-14-6-4-5-12(3)17(14)19-16(15)10-18-13-7-8-13/h4-6,11,13,18H,7-10H2,1-3H3. The number of benzene rings is 1. The van der Waals surface area contributed by atoms with Crippen molar-refractivity contribution in [2.24, 2.45) is 5.92 Å². The zero-order valence-corrected chi connectivity index (χ0v) is 12.9. The van der Waals surface area contributed by atoms with Gasteiger partial charge in [-0.15, -0.1) is 11.3 Å². The molecule has 1 aliphatic rings. The molecule has 0 unspecified atom stereocenters. The number of thiophene rings is 1. The first-order valence-corrected chi connectivity index (χ1v) is 8.20. The largest absolute Gasteiger partial charge is 0.309 e. The Labute approximate surface area is 120 Å². The summed E-state index contributed by atoms with van der Waals surface area (Å²) in [5.74, 6) is 0.720. The molecule has 0 aliphatic heterocycles. The monoisotopic (exact) mass is 273 g/mol. The molecule has 2 aromatic rings. The lowest BCUT2D eigenvalue weighted by Gasteiger charge is -2.08. The van der Waals surface area contributed by atoms with Gasteiger partial charge in [0.2, 0.25) is 0 Å². The van der Waals surface area contributed by atoms with Crippen LogP contribution in [0.3, 0.4) is 0 Å². The Bertz CT molecular complexity index is 578. The Hall–Kier alpha value is -0.860. The second kappa shape index (κ2) is 5.26. The van der Waals surface area contributed by atoms with E-state index in [0.29, 0.717) is 0 Å². The Morgan fingerprint density at radius 2 is 2.11 bits per heavy atom. The molecule has 0 saturated heterocycles. The molecule has 1 nitrogen and oxygen atoms in total. The van der Waals surface area contributed by atoms with E-state index in [0.717, 1.165) is 18.5 Å². The van der Waals surface area contributed by atoms with Crippen LogP contribution < -0.4 is 5.32 Å². The molecule has 0 atom stereocenters. The van der Waals surface area contributed by atoms with E-state index >= 15 is 0 Å². The zero-order valence-electron chi connectivity index (χ0n) is 12.1. The molecule has 1 aromatic carbocycles. The minimum atomic E-state index is 0.720. The molecule has 0 amide bonds. The maximum absolute atomic E-state index is 3.68. The summed E-state index contributed by atoms with van der Waals surface area (Å²) in [5, 5.41) is 5.17. The van der Waals surface area contributed by atoms with Crippen LogP contribution in [0, 0.1) is 12.8 Å². The fourth-order valence-corrected chi connectivity index (χ4v) is 3.91. The van der Waals surface area contributed by atoms with Crippen LogP contribution in [0.5, 0.6) is 0 Å². The van der Waals surface area contributed by atoms with Crippen LogP contribution in [0.2, 0.25) is 0 Å². The summed E-state index contributed by atoms with van der Waals surface area (Å²) in [5.41, 5.74) is 3.01. The Balaban J connectivity index is 1.99. The maximum atomic E-state index is 3.68. The van der Waals surface area contributed by atoms with Gasteiger partial charge in [0.1, 0.15) is 0 Å². The molecule has 0 spiro atoms. The molecule has 102 valence electrons. The summed E-state index contributed by atoms with van der Waals surface area (Å²) in [6, 6.07) is 7.53. The lowest BCUT2D eigenvalue weighted by Crippen LogP contribution is -2.15. The van der Waals surface area contributed by atoms with Crippen LogP contribution in [0.1, 0.15) is 42.7 Å². The van der Waals surface area contributed by atoms with Crippen molar-refractivity contribution in [3.63, 3.8) is 0 Å². The van der Waals surface area contributed by atoms with Crippen molar-refractivity contribution in [2.75, 3.05) is 0 Å². The van der Waals surface area contributed by atoms with Crippen LogP contribution in [-0.2, 0) is 13.0 Å². The van der Waals surface area contributed by atoms with E-state index in [2.05, 4.69) is 44.3 Å². The summed E-state index contributed by atoms with van der Waals surface area (Å²) < 4.78 is 1.49. The summed E-state index contributed by atoms with van der Waals surface area (Å²) in [6.07, 6.45) is 3.93. The molecule has 0 bridgehead atoms. The summed E-state index contributed by atoms with van der Waals surface area (Å²) in [7, 11) is 0. The molecule has 2 heteroatoms. The number of hydrogen-bond donors (Lipinski definition) is 1. The second-order valence-corrected chi connectivity index (χ2v) is 7.31. The quantitative estimate of drug-likeness (QED) is 0.835. The first-order valence-electron chi connectivity index (χ1n) is 7.38. The smallest absolute Gasteiger partial charge is 0.0378 e. The van der Waals surface area contributed by atoms with Gasteiger partial charge in [0.15, 0.2) is 0 Å². The normalized spacial score (nSPS) is 15.6. The third-order valence-electron chi connectivity index (χ3n) is 3.84. The van der Waals surface area contributed by atoms with E-state index in [-0.39, 0.29) is 0 Å². The van der Waals surface area contributed by atoms with E-state index in [1.165, 1.54) is 34.9 Å². The van der Waals surface area contributed by atoms with Crippen molar-refractivity contribution >= 4 is 21.4 Å². The fraction of sp³-hybridized carbons (Fsp3) is 0.529. The predicted octanol–water partition coefficient (Wildman–Crippen LogP) is 4.66. The Morgan fingerprint density at radius 1 is 1.32 bits per heavy atom. The summed E-state index contributed by atoms with van der Waals surface area (Å²) in [4.78, 5) is 1.56. The van der Waals surface area contributed by atoms with Crippen molar-refractivity contribution in [3.05, 3.63) is 34.2 Å². The van der Waals surface area contributed by atoms with E-state index in [1.54, 1.807) is 10.4 Å². The van der Waals surface area contributed by atoms with Crippen molar-refractivity contribution < 1.29 is 0 Å². The number of hydrogen-bond acceptors (Lipinski definition) is 2. The molecule has 1 fully saturated rings. The molecule has 1 heterocycles. The van der Waals surface area contributed by atoms with Crippen LogP contribution in [0.4, 0.5) is 0 Å². The summed E-state index contributed by atoms with van der Waals surface area (Å²) in [6.45, 7) is 7.93. The van der Waals surface area contributed by atoms with E-state index < -0.39 is 0 Å². The van der Waals surface area contributed by atoms with Crippen LogP contribution in [0.15, 0.2) is 18.2 Å². The predicted molar refractivity (Wildman–Crippen MR) is 85.0 cm³/mol. The van der Waals surface area contributed by atoms with Crippen LogP contribution in [-0.4, -0.2) is 6.04 Å². The van der Waals surface area contributed by atoms with Gasteiger partial charge in [-0.05, 0) is 48.6 Å². The van der Waals surface area contributed by atoms with Crippen molar-refractivity contribution in [1.29, 1.82) is 0 Å². The van der Waals surface area contributed by atoms with Crippen LogP contribution >= 0.6 is 11.3 Å². The first kappa shape index (κ1) is 13.1. The molecule has 1 aliphatic carbocycles. The average molecular weight is 273 g/mol. The molecule has 1 N–H and O–H groups in total. The highest BCUT2D eigenvalue weighted by molar-refractivity contribution is 7.19. The molecule has 1 aromatic heterocycles. The SMILES string of the molecule is Cc1cccc2c(CC(C)C)c(CNC3CC3)sc12. The third-order valence-corrected chi connectivity index (χ3v) is 5.22. The molecule has 1 saturated carbocycles. The minimum absolute atomic E-state index is 0.720. The molecule has 3 rings (SSSR count). The van der Waals surface area contributed by atoms with E-state index in [4.69, 9.17) is 0 Å². The van der Waals surface area contributed by atoms with Gasteiger partial charge in [0.05, 0.1) is 0 Å². The highest BCUT2D eigenvalue weighted by Crippen LogP contribution is 2.35. The van der Waals surface area contributed by atoms with Crippen molar-refractivity contribution in [3.8, 4) is 0 Å².